The number of rotatable bonds is 7. The molecule has 0 spiro atoms. The van der Waals surface area contributed by atoms with Crippen LogP contribution in [0.5, 0.6) is 0 Å². The van der Waals surface area contributed by atoms with Gasteiger partial charge in [-0.3, -0.25) is 4.79 Å². The molecule has 2 aromatic heterocycles. The molecule has 1 amide bonds. The van der Waals surface area contributed by atoms with Gasteiger partial charge in [-0.1, -0.05) is 23.9 Å². The van der Waals surface area contributed by atoms with Gasteiger partial charge in [0.05, 0.1) is 17.6 Å². The van der Waals surface area contributed by atoms with Crippen molar-refractivity contribution in [3.05, 3.63) is 47.9 Å². The second-order valence-corrected chi connectivity index (χ2v) is 7.46. The van der Waals surface area contributed by atoms with E-state index in [9.17, 15) is 4.79 Å². The number of furan rings is 1. The topological polar surface area (TPSA) is 72.4 Å². The number of aromatic nitrogens is 2. The van der Waals surface area contributed by atoms with E-state index in [0.29, 0.717) is 23.4 Å². The van der Waals surface area contributed by atoms with Crippen molar-refractivity contribution in [2.45, 2.75) is 23.6 Å². The van der Waals surface area contributed by atoms with Gasteiger partial charge in [-0.2, -0.15) is 0 Å². The number of hydrogen-bond donors (Lipinski definition) is 0. The van der Waals surface area contributed by atoms with Crippen molar-refractivity contribution in [3.63, 3.8) is 0 Å². The maximum absolute atomic E-state index is 12.3. The first-order chi connectivity index (χ1) is 12.6. The number of hydrogen-bond acceptors (Lipinski definition) is 7. The van der Waals surface area contributed by atoms with Crippen LogP contribution in [-0.4, -0.2) is 40.1 Å². The SMILES string of the molecule is CSc1ccc(CN(C)C(=O)CSc2nnc(-c3ccoc3C)o2)cc1. The highest BCUT2D eigenvalue weighted by Gasteiger charge is 2.16. The second kappa shape index (κ2) is 8.46. The Morgan fingerprint density at radius 1 is 1.19 bits per heavy atom. The molecule has 1 aromatic carbocycles. The number of carbonyl (C=O) groups excluding carboxylic acids is 1. The molecule has 0 atom stereocenters. The van der Waals surface area contributed by atoms with Gasteiger partial charge in [-0.25, -0.2) is 0 Å². The van der Waals surface area contributed by atoms with Gasteiger partial charge in [0.1, 0.15) is 5.76 Å². The van der Waals surface area contributed by atoms with Crippen LogP contribution in [0.25, 0.3) is 11.5 Å². The van der Waals surface area contributed by atoms with Gasteiger partial charge in [-0.15, -0.1) is 22.0 Å². The number of amides is 1. The molecule has 26 heavy (non-hydrogen) atoms. The van der Waals surface area contributed by atoms with Gasteiger partial charge in [0, 0.05) is 18.5 Å². The van der Waals surface area contributed by atoms with Crippen molar-refractivity contribution in [2.24, 2.45) is 0 Å². The van der Waals surface area contributed by atoms with E-state index in [-0.39, 0.29) is 11.7 Å². The van der Waals surface area contributed by atoms with Crippen LogP contribution in [0.1, 0.15) is 11.3 Å². The van der Waals surface area contributed by atoms with Crippen molar-refractivity contribution in [1.29, 1.82) is 0 Å². The normalized spacial score (nSPS) is 10.9. The minimum absolute atomic E-state index is 0.00295. The van der Waals surface area contributed by atoms with Crippen molar-refractivity contribution >= 4 is 29.4 Å². The molecular formula is C18H19N3O3S2. The second-order valence-electron chi connectivity index (χ2n) is 5.65. The van der Waals surface area contributed by atoms with Crippen LogP contribution in [0.2, 0.25) is 0 Å². The number of carbonyl (C=O) groups is 1. The fourth-order valence-electron chi connectivity index (χ4n) is 2.31. The van der Waals surface area contributed by atoms with Crippen LogP contribution in [0.4, 0.5) is 0 Å². The quantitative estimate of drug-likeness (QED) is 0.563. The summed E-state index contributed by atoms with van der Waals surface area (Å²) >= 11 is 2.93. The standard InChI is InChI=1S/C18H19N3O3S2/c1-12-15(8-9-23-12)17-19-20-18(24-17)26-11-16(22)21(2)10-13-4-6-14(25-3)7-5-13/h4-9H,10-11H2,1-3H3. The molecule has 0 saturated carbocycles. The molecule has 0 bridgehead atoms. The van der Waals surface area contributed by atoms with E-state index in [0.717, 1.165) is 11.1 Å². The van der Waals surface area contributed by atoms with E-state index >= 15 is 0 Å². The Morgan fingerprint density at radius 2 is 1.96 bits per heavy atom. The fraction of sp³-hybridized carbons (Fsp3) is 0.278. The van der Waals surface area contributed by atoms with E-state index in [2.05, 4.69) is 22.3 Å². The van der Waals surface area contributed by atoms with Crippen LogP contribution in [0.15, 0.2) is 55.5 Å². The lowest BCUT2D eigenvalue weighted by atomic mass is 10.2. The molecule has 0 fully saturated rings. The smallest absolute Gasteiger partial charge is 0.277 e. The Balaban J connectivity index is 1.53. The predicted octanol–water partition coefficient (Wildman–Crippen LogP) is 4.11. The van der Waals surface area contributed by atoms with Crippen molar-refractivity contribution in [3.8, 4) is 11.5 Å². The third-order valence-corrected chi connectivity index (χ3v) is 5.37. The van der Waals surface area contributed by atoms with Crippen LogP contribution < -0.4 is 0 Å². The average molecular weight is 390 g/mol. The highest BCUT2D eigenvalue weighted by atomic mass is 32.2. The Morgan fingerprint density at radius 3 is 2.62 bits per heavy atom. The molecule has 0 radical (unpaired) electrons. The van der Waals surface area contributed by atoms with Gasteiger partial charge in [0.25, 0.3) is 11.1 Å². The van der Waals surface area contributed by atoms with Crippen LogP contribution in [0.3, 0.4) is 0 Å². The van der Waals surface area contributed by atoms with Crippen LogP contribution >= 0.6 is 23.5 Å². The average Bonchev–Trinajstić information content (AvgIpc) is 3.28. The number of nitrogens with zero attached hydrogens (tertiary/aromatic N) is 3. The molecular weight excluding hydrogens is 370 g/mol. The van der Waals surface area contributed by atoms with E-state index in [1.807, 2.05) is 25.3 Å². The molecule has 8 heteroatoms. The first-order valence-corrected chi connectivity index (χ1v) is 10.2. The maximum Gasteiger partial charge on any atom is 0.277 e. The van der Waals surface area contributed by atoms with Crippen molar-refractivity contribution < 1.29 is 13.6 Å². The van der Waals surface area contributed by atoms with Crippen LogP contribution in [0, 0.1) is 6.92 Å². The highest BCUT2D eigenvalue weighted by Crippen LogP contribution is 2.26. The molecule has 0 aliphatic carbocycles. The van der Waals surface area contributed by atoms with E-state index < -0.39 is 0 Å². The summed E-state index contributed by atoms with van der Waals surface area (Å²) in [6.45, 7) is 2.40. The molecule has 0 N–H and O–H groups in total. The predicted molar refractivity (Wildman–Crippen MR) is 102 cm³/mol. The molecule has 0 aliphatic rings. The first kappa shape index (κ1) is 18.6. The van der Waals surface area contributed by atoms with Crippen molar-refractivity contribution in [2.75, 3.05) is 19.1 Å². The molecule has 136 valence electrons. The third kappa shape index (κ3) is 4.50. The number of benzene rings is 1. The zero-order valence-corrected chi connectivity index (χ0v) is 16.4. The number of aryl methyl sites for hydroxylation is 1. The molecule has 3 rings (SSSR count). The molecule has 0 saturated heterocycles. The van der Waals surface area contributed by atoms with Gasteiger partial charge in [0.15, 0.2) is 0 Å². The Labute approximate surface area is 160 Å². The summed E-state index contributed by atoms with van der Waals surface area (Å²) in [5, 5.41) is 8.35. The maximum atomic E-state index is 12.3. The lowest BCUT2D eigenvalue weighted by molar-refractivity contribution is -0.127. The highest BCUT2D eigenvalue weighted by molar-refractivity contribution is 7.99. The Bertz CT molecular complexity index is 874. The van der Waals surface area contributed by atoms with Gasteiger partial charge >= 0.3 is 0 Å². The zero-order valence-electron chi connectivity index (χ0n) is 14.8. The monoisotopic (exact) mass is 389 g/mol. The van der Waals surface area contributed by atoms with Gasteiger partial charge in [0.2, 0.25) is 5.91 Å². The summed E-state index contributed by atoms with van der Waals surface area (Å²) < 4.78 is 10.8. The first-order valence-electron chi connectivity index (χ1n) is 7.94. The minimum Gasteiger partial charge on any atom is -0.469 e. The van der Waals surface area contributed by atoms with Gasteiger partial charge in [-0.05, 0) is 36.9 Å². The molecule has 0 aliphatic heterocycles. The lowest BCUT2D eigenvalue weighted by Gasteiger charge is -2.16. The van der Waals surface area contributed by atoms with Crippen molar-refractivity contribution in [1.82, 2.24) is 15.1 Å². The summed E-state index contributed by atoms with van der Waals surface area (Å²) in [6.07, 6.45) is 3.62. The fourth-order valence-corrected chi connectivity index (χ4v) is 3.42. The van der Waals surface area contributed by atoms with E-state index in [1.54, 1.807) is 36.0 Å². The largest absolute Gasteiger partial charge is 0.469 e. The Hall–Kier alpha value is -2.19. The Kier molecular flexibility index (Phi) is 6.05. The van der Waals surface area contributed by atoms with Gasteiger partial charge < -0.3 is 13.7 Å². The van der Waals surface area contributed by atoms with E-state index in [1.165, 1.54) is 16.7 Å². The third-order valence-electron chi connectivity index (χ3n) is 3.82. The summed E-state index contributed by atoms with van der Waals surface area (Å²) in [7, 11) is 1.79. The summed E-state index contributed by atoms with van der Waals surface area (Å²) in [4.78, 5) is 15.2. The minimum atomic E-state index is 0.00295. The summed E-state index contributed by atoms with van der Waals surface area (Å²) in [5.74, 6) is 1.36. The molecule has 0 unspecified atom stereocenters. The molecule has 2 heterocycles. The van der Waals surface area contributed by atoms with E-state index in [4.69, 9.17) is 8.83 Å². The molecule has 6 nitrogen and oxygen atoms in total. The lowest BCUT2D eigenvalue weighted by Crippen LogP contribution is -2.27. The zero-order chi connectivity index (χ0) is 18.5. The number of thioether (sulfide) groups is 2. The summed E-state index contributed by atoms with van der Waals surface area (Å²) in [6, 6.07) is 9.98. The van der Waals surface area contributed by atoms with Crippen LogP contribution in [-0.2, 0) is 11.3 Å². The summed E-state index contributed by atoms with van der Waals surface area (Å²) in [5.41, 5.74) is 1.86. The molecule has 3 aromatic rings.